The molecule has 1 aromatic rings. The van der Waals surface area contributed by atoms with Crippen molar-refractivity contribution in [1.29, 1.82) is 0 Å². The molecule has 1 atom stereocenters. The van der Waals surface area contributed by atoms with Gasteiger partial charge in [0, 0.05) is 19.8 Å². The topological polar surface area (TPSA) is 36.4 Å². The summed E-state index contributed by atoms with van der Waals surface area (Å²) in [6, 6.07) is 0.822. The monoisotopic (exact) mass is 268 g/mol. The maximum Gasteiger partial charge on any atom is 0.417 e. The van der Waals surface area contributed by atoms with Crippen LogP contribution < -0.4 is 4.90 Å². The first-order valence-corrected chi connectivity index (χ1v) is 5.21. The predicted molar refractivity (Wildman–Crippen MR) is 59.2 cm³/mol. The average molecular weight is 269 g/mol. The van der Waals surface area contributed by atoms with Crippen LogP contribution in [-0.2, 0) is 6.18 Å². The molecule has 0 bridgehead atoms. The largest absolute Gasteiger partial charge is 0.417 e. The number of aliphatic hydroxyl groups excluding tert-OH is 1. The summed E-state index contributed by atoms with van der Waals surface area (Å²) in [5, 5.41) is 9.07. The molecule has 0 fully saturated rings. The smallest absolute Gasteiger partial charge is 0.392 e. The van der Waals surface area contributed by atoms with Crippen LogP contribution in [0.1, 0.15) is 12.5 Å². The van der Waals surface area contributed by atoms with Crippen LogP contribution >= 0.6 is 11.6 Å². The minimum absolute atomic E-state index is 0.0945. The number of rotatable bonds is 3. The highest BCUT2D eigenvalue weighted by Crippen LogP contribution is 2.33. The van der Waals surface area contributed by atoms with Crippen LogP contribution in [0.4, 0.5) is 19.0 Å². The van der Waals surface area contributed by atoms with Crippen molar-refractivity contribution in [3.05, 3.63) is 22.8 Å². The summed E-state index contributed by atoms with van der Waals surface area (Å²) >= 11 is 5.73. The Hall–Kier alpha value is -1.01. The SMILES string of the molecule is CC(O)CN(C)c1ncc(C(F)(F)F)cc1Cl. The number of halogens is 4. The molecule has 1 N–H and O–H groups in total. The van der Waals surface area contributed by atoms with E-state index in [1.54, 1.807) is 14.0 Å². The molecule has 7 heteroatoms. The van der Waals surface area contributed by atoms with Gasteiger partial charge < -0.3 is 10.0 Å². The molecule has 96 valence electrons. The lowest BCUT2D eigenvalue weighted by Gasteiger charge is -2.21. The predicted octanol–water partition coefficient (Wildman–Crippen LogP) is 2.57. The van der Waals surface area contributed by atoms with E-state index in [0.29, 0.717) is 0 Å². The Bertz CT molecular complexity index is 396. The highest BCUT2D eigenvalue weighted by Gasteiger charge is 2.31. The second-order valence-corrected chi connectivity index (χ2v) is 4.16. The molecule has 0 radical (unpaired) electrons. The molecule has 0 saturated carbocycles. The Labute approximate surface area is 102 Å². The van der Waals surface area contributed by atoms with E-state index in [4.69, 9.17) is 16.7 Å². The molecule has 0 aliphatic heterocycles. The van der Waals surface area contributed by atoms with Gasteiger partial charge in [-0.1, -0.05) is 11.6 Å². The fraction of sp³-hybridized carbons (Fsp3) is 0.500. The maximum absolute atomic E-state index is 12.4. The Morgan fingerprint density at radius 2 is 2.12 bits per heavy atom. The number of pyridine rings is 1. The molecule has 3 nitrogen and oxygen atoms in total. The summed E-state index contributed by atoms with van der Waals surface area (Å²) in [6.07, 6.45) is -4.36. The third kappa shape index (κ3) is 3.74. The molecule has 1 aromatic heterocycles. The summed E-state index contributed by atoms with van der Waals surface area (Å²) in [7, 11) is 1.59. The van der Waals surface area contributed by atoms with Gasteiger partial charge in [0.25, 0.3) is 0 Å². The van der Waals surface area contributed by atoms with Crippen molar-refractivity contribution >= 4 is 17.4 Å². The van der Waals surface area contributed by atoms with Crippen molar-refractivity contribution in [2.45, 2.75) is 19.2 Å². The Morgan fingerprint density at radius 1 is 1.53 bits per heavy atom. The normalized spacial score (nSPS) is 13.6. The molecular formula is C10H12ClF3N2O. The molecular weight excluding hydrogens is 257 g/mol. The van der Waals surface area contributed by atoms with E-state index in [1.165, 1.54) is 4.90 Å². The molecule has 0 amide bonds. The van der Waals surface area contributed by atoms with Gasteiger partial charge in [-0.25, -0.2) is 4.98 Å². The van der Waals surface area contributed by atoms with Crippen molar-refractivity contribution in [2.75, 3.05) is 18.5 Å². The van der Waals surface area contributed by atoms with Crippen LogP contribution in [0.2, 0.25) is 5.02 Å². The molecule has 1 unspecified atom stereocenters. The summed E-state index contributed by atoms with van der Waals surface area (Å²) < 4.78 is 37.1. The van der Waals surface area contributed by atoms with Gasteiger partial charge in [0.15, 0.2) is 0 Å². The molecule has 0 saturated heterocycles. The first-order chi connectivity index (χ1) is 7.71. The van der Waals surface area contributed by atoms with Crippen molar-refractivity contribution in [1.82, 2.24) is 4.98 Å². The highest BCUT2D eigenvalue weighted by molar-refractivity contribution is 6.33. The first kappa shape index (κ1) is 14.1. The van der Waals surface area contributed by atoms with E-state index in [-0.39, 0.29) is 17.4 Å². The minimum Gasteiger partial charge on any atom is -0.392 e. The second kappa shape index (κ2) is 5.10. The zero-order valence-corrected chi connectivity index (χ0v) is 10.0. The van der Waals surface area contributed by atoms with Gasteiger partial charge in [-0.3, -0.25) is 0 Å². The van der Waals surface area contributed by atoms with Crippen molar-refractivity contribution in [3.63, 3.8) is 0 Å². The maximum atomic E-state index is 12.4. The molecule has 1 rings (SSSR count). The molecule has 17 heavy (non-hydrogen) atoms. The Morgan fingerprint density at radius 3 is 2.53 bits per heavy atom. The third-order valence-corrected chi connectivity index (χ3v) is 2.33. The number of nitrogens with zero attached hydrogens (tertiary/aromatic N) is 2. The van der Waals surface area contributed by atoms with Crippen LogP contribution in [0.3, 0.4) is 0 Å². The van der Waals surface area contributed by atoms with E-state index in [0.717, 1.165) is 12.3 Å². The lowest BCUT2D eigenvalue weighted by Crippen LogP contribution is -2.28. The minimum atomic E-state index is -4.46. The van der Waals surface area contributed by atoms with Crippen LogP contribution in [0.5, 0.6) is 0 Å². The Balaban J connectivity index is 2.98. The number of hydrogen-bond acceptors (Lipinski definition) is 3. The number of alkyl halides is 3. The van der Waals surface area contributed by atoms with E-state index in [9.17, 15) is 13.2 Å². The van der Waals surface area contributed by atoms with Crippen molar-refractivity contribution < 1.29 is 18.3 Å². The van der Waals surface area contributed by atoms with Gasteiger partial charge >= 0.3 is 6.18 Å². The van der Waals surface area contributed by atoms with Gasteiger partial charge in [-0.15, -0.1) is 0 Å². The van der Waals surface area contributed by atoms with E-state index >= 15 is 0 Å². The molecule has 0 aromatic carbocycles. The Kier molecular flexibility index (Phi) is 4.21. The van der Waals surface area contributed by atoms with E-state index in [2.05, 4.69) is 4.98 Å². The third-order valence-electron chi connectivity index (χ3n) is 2.05. The van der Waals surface area contributed by atoms with Gasteiger partial charge in [0.05, 0.1) is 16.7 Å². The molecule has 1 heterocycles. The lowest BCUT2D eigenvalue weighted by atomic mass is 10.2. The number of hydrogen-bond donors (Lipinski definition) is 1. The summed E-state index contributed by atoms with van der Waals surface area (Å²) in [6.45, 7) is 1.80. The molecule has 0 aliphatic carbocycles. The second-order valence-electron chi connectivity index (χ2n) is 3.76. The highest BCUT2D eigenvalue weighted by atomic mass is 35.5. The summed E-state index contributed by atoms with van der Waals surface area (Å²) in [5.41, 5.74) is -0.892. The van der Waals surface area contributed by atoms with Gasteiger partial charge in [0.1, 0.15) is 5.82 Å². The number of aliphatic hydroxyl groups is 1. The summed E-state index contributed by atoms with van der Waals surface area (Å²) in [5.74, 6) is 0.209. The number of likely N-dealkylation sites (N-methyl/N-ethyl adjacent to an activating group) is 1. The number of aromatic nitrogens is 1. The van der Waals surface area contributed by atoms with Crippen molar-refractivity contribution in [3.8, 4) is 0 Å². The zero-order chi connectivity index (χ0) is 13.2. The van der Waals surface area contributed by atoms with Gasteiger partial charge in [-0.05, 0) is 13.0 Å². The van der Waals surface area contributed by atoms with E-state index in [1.807, 2.05) is 0 Å². The van der Waals surface area contributed by atoms with Crippen LogP contribution in [-0.4, -0.2) is 29.8 Å². The van der Waals surface area contributed by atoms with Crippen molar-refractivity contribution in [2.24, 2.45) is 0 Å². The van der Waals surface area contributed by atoms with E-state index < -0.39 is 17.8 Å². The molecule has 0 spiro atoms. The van der Waals surface area contributed by atoms with Gasteiger partial charge in [-0.2, -0.15) is 13.2 Å². The molecule has 0 aliphatic rings. The summed E-state index contributed by atoms with van der Waals surface area (Å²) in [4.78, 5) is 5.15. The fourth-order valence-electron chi connectivity index (χ4n) is 1.35. The van der Waals surface area contributed by atoms with Crippen LogP contribution in [0, 0.1) is 0 Å². The lowest BCUT2D eigenvalue weighted by molar-refractivity contribution is -0.137. The fourth-order valence-corrected chi connectivity index (χ4v) is 1.66. The number of anilines is 1. The average Bonchev–Trinajstić information content (AvgIpc) is 2.14. The quantitative estimate of drug-likeness (QED) is 0.915. The van der Waals surface area contributed by atoms with Crippen LogP contribution in [0.25, 0.3) is 0 Å². The zero-order valence-electron chi connectivity index (χ0n) is 9.29. The first-order valence-electron chi connectivity index (χ1n) is 4.83. The van der Waals surface area contributed by atoms with Gasteiger partial charge in [0.2, 0.25) is 0 Å². The standard InChI is InChI=1S/C10H12ClF3N2O/c1-6(17)5-16(2)9-8(11)3-7(4-15-9)10(12,13)14/h3-4,6,17H,5H2,1-2H3. The van der Waals surface area contributed by atoms with Crippen LogP contribution in [0.15, 0.2) is 12.3 Å².